The van der Waals surface area contributed by atoms with Crippen LogP contribution in [0.25, 0.3) is 10.9 Å². The molecule has 3 aromatic rings. The molecule has 0 spiro atoms. The first-order valence-electron chi connectivity index (χ1n) is 10.2. The summed E-state index contributed by atoms with van der Waals surface area (Å²) in [5.74, 6) is 0.779. The lowest BCUT2D eigenvalue weighted by molar-refractivity contribution is -0.384. The van der Waals surface area contributed by atoms with Gasteiger partial charge in [-0.25, -0.2) is 0 Å². The molecular formula is C23H25N3O4. The summed E-state index contributed by atoms with van der Waals surface area (Å²) < 4.78 is 5.47. The number of ether oxygens (including phenoxy) is 1. The molecule has 156 valence electrons. The van der Waals surface area contributed by atoms with Crippen molar-refractivity contribution in [2.45, 2.75) is 30.3 Å². The van der Waals surface area contributed by atoms with Crippen LogP contribution < -0.4 is 4.74 Å². The van der Waals surface area contributed by atoms with Gasteiger partial charge in [-0.1, -0.05) is 12.1 Å². The van der Waals surface area contributed by atoms with E-state index in [9.17, 15) is 15.2 Å². The molecule has 2 N–H and O–H groups in total. The van der Waals surface area contributed by atoms with Crippen molar-refractivity contribution in [3.05, 3.63) is 69.4 Å². The standard InChI is InChI=1S/C23H25N3O4/c1-25-9-8-22(15-4-3-5-17(10-15)30-2)13-21-19(12-23(22,27)14-25)18-11-16(26(28)29)6-7-20(18)24-21/h3-7,10-11,24,27H,8-9,12-14H2,1-2H3/t22-,23-/m0/s1. The van der Waals surface area contributed by atoms with Gasteiger partial charge in [-0.15, -0.1) is 0 Å². The Bertz CT molecular complexity index is 1160. The lowest BCUT2D eigenvalue weighted by Gasteiger charge is -2.56. The van der Waals surface area contributed by atoms with Crippen LogP contribution in [-0.4, -0.2) is 52.8 Å². The van der Waals surface area contributed by atoms with Gasteiger partial charge >= 0.3 is 0 Å². The number of nitro benzene ring substituents is 1. The molecule has 30 heavy (non-hydrogen) atoms. The third-order valence-electron chi connectivity index (χ3n) is 7.10. The van der Waals surface area contributed by atoms with E-state index < -0.39 is 11.0 Å². The Balaban J connectivity index is 1.70. The van der Waals surface area contributed by atoms with E-state index in [0.717, 1.165) is 46.4 Å². The largest absolute Gasteiger partial charge is 0.497 e. The van der Waals surface area contributed by atoms with Gasteiger partial charge < -0.3 is 19.7 Å². The van der Waals surface area contributed by atoms with E-state index >= 15 is 0 Å². The minimum absolute atomic E-state index is 0.0710. The fraction of sp³-hybridized carbons (Fsp3) is 0.391. The van der Waals surface area contributed by atoms with Gasteiger partial charge in [-0.3, -0.25) is 10.1 Å². The zero-order valence-electron chi connectivity index (χ0n) is 17.1. The average Bonchev–Trinajstić information content (AvgIpc) is 3.07. The van der Waals surface area contributed by atoms with Crippen molar-refractivity contribution in [1.29, 1.82) is 0 Å². The monoisotopic (exact) mass is 407 g/mol. The maximum atomic E-state index is 12.1. The Hall–Kier alpha value is -2.90. The predicted octanol–water partition coefficient (Wildman–Crippen LogP) is 3.19. The van der Waals surface area contributed by atoms with E-state index in [1.54, 1.807) is 19.2 Å². The number of likely N-dealkylation sites (tertiary alicyclic amines) is 1. The number of H-pyrrole nitrogens is 1. The van der Waals surface area contributed by atoms with Crippen LogP contribution in [0.2, 0.25) is 0 Å². The number of aromatic amines is 1. The number of hydrogen-bond donors (Lipinski definition) is 2. The fourth-order valence-corrected chi connectivity index (χ4v) is 5.56. The molecule has 2 aliphatic rings. The highest BCUT2D eigenvalue weighted by atomic mass is 16.6. The van der Waals surface area contributed by atoms with Gasteiger partial charge in [-0.2, -0.15) is 0 Å². The molecule has 1 fully saturated rings. The highest BCUT2D eigenvalue weighted by Gasteiger charge is 2.57. The molecule has 0 amide bonds. The van der Waals surface area contributed by atoms with Gasteiger partial charge in [0.25, 0.3) is 5.69 Å². The van der Waals surface area contributed by atoms with Gasteiger partial charge in [0, 0.05) is 53.5 Å². The average molecular weight is 407 g/mol. The molecule has 1 aliphatic heterocycles. The van der Waals surface area contributed by atoms with Crippen molar-refractivity contribution in [1.82, 2.24) is 9.88 Å². The summed E-state index contributed by atoms with van der Waals surface area (Å²) in [7, 11) is 3.68. The van der Waals surface area contributed by atoms with Crippen LogP contribution in [0.15, 0.2) is 42.5 Å². The highest BCUT2D eigenvalue weighted by Crippen LogP contribution is 2.51. The second kappa shape index (κ2) is 6.55. The molecule has 7 nitrogen and oxygen atoms in total. The molecule has 7 heteroatoms. The molecular weight excluding hydrogens is 382 g/mol. The number of piperidine rings is 1. The summed E-state index contributed by atoms with van der Waals surface area (Å²) in [4.78, 5) is 16.6. The smallest absolute Gasteiger partial charge is 0.270 e. The van der Waals surface area contributed by atoms with E-state index in [1.807, 2.05) is 25.2 Å². The molecule has 0 unspecified atom stereocenters. The van der Waals surface area contributed by atoms with Gasteiger partial charge in [0.05, 0.1) is 17.6 Å². The molecule has 0 saturated carbocycles. The Kier molecular flexibility index (Phi) is 4.17. The number of nitrogens with one attached hydrogen (secondary N) is 1. The number of nitro groups is 1. The van der Waals surface area contributed by atoms with Gasteiger partial charge in [-0.05, 0) is 49.3 Å². The molecule has 0 radical (unpaired) electrons. The molecule has 1 saturated heterocycles. The van der Waals surface area contributed by atoms with Crippen molar-refractivity contribution in [2.75, 3.05) is 27.2 Å². The molecule has 2 atom stereocenters. The highest BCUT2D eigenvalue weighted by molar-refractivity contribution is 5.87. The summed E-state index contributed by atoms with van der Waals surface area (Å²) in [6, 6.07) is 12.9. The van der Waals surface area contributed by atoms with Crippen LogP contribution in [-0.2, 0) is 18.3 Å². The number of aromatic nitrogens is 1. The Morgan fingerprint density at radius 3 is 2.83 bits per heavy atom. The van der Waals surface area contributed by atoms with Crippen molar-refractivity contribution >= 4 is 16.6 Å². The van der Waals surface area contributed by atoms with E-state index in [-0.39, 0.29) is 10.6 Å². The summed E-state index contributed by atoms with van der Waals surface area (Å²) >= 11 is 0. The van der Waals surface area contributed by atoms with E-state index in [4.69, 9.17) is 4.74 Å². The Labute approximate surface area is 174 Å². The SMILES string of the molecule is COc1cccc([C@@]23CCN(C)C[C@@]2(O)Cc2c([nH]c4ccc([N+](=O)[O-])cc24)C3)c1. The third kappa shape index (κ3) is 2.66. The lowest BCUT2D eigenvalue weighted by atomic mass is 9.56. The zero-order chi connectivity index (χ0) is 21.1. The number of β-amino-alcohol motifs (C(OH)–C–C–N with tert-alkyl or cyclic N) is 1. The second-order valence-electron chi connectivity index (χ2n) is 8.76. The Morgan fingerprint density at radius 2 is 2.07 bits per heavy atom. The first-order chi connectivity index (χ1) is 14.3. The number of benzene rings is 2. The number of fused-ring (bicyclic) bond motifs is 4. The molecule has 5 rings (SSSR count). The van der Waals surface area contributed by atoms with Gasteiger partial charge in [0.1, 0.15) is 5.75 Å². The van der Waals surface area contributed by atoms with Crippen LogP contribution >= 0.6 is 0 Å². The van der Waals surface area contributed by atoms with Crippen molar-refractivity contribution in [3.8, 4) is 5.75 Å². The molecule has 0 bridgehead atoms. The third-order valence-corrected chi connectivity index (χ3v) is 7.10. The van der Waals surface area contributed by atoms with Gasteiger partial charge in [0.15, 0.2) is 0 Å². The minimum atomic E-state index is -0.987. The van der Waals surface area contributed by atoms with Gasteiger partial charge in [0.2, 0.25) is 0 Å². The molecule has 1 aromatic heterocycles. The number of rotatable bonds is 3. The van der Waals surface area contributed by atoms with Crippen LogP contribution in [0, 0.1) is 10.1 Å². The van der Waals surface area contributed by atoms with Crippen LogP contribution in [0.3, 0.4) is 0 Å². The van der Waals surface area contributed by atoms with Crippen molar-refractivity contribution in [2.24, 2.45) is 0 Å². The maximum absolute atomic E-state index is 12.1. The van der Waals surface area contributed by atoms with E-state index in [2.05, 4.69) is 16.0 Å². The van der Waals surface area contributed by atoms with E-state index in [1.165, 1.54) is 6.07 Å². The normalized spacial score (nSPS) is 26.2. The van der Waals surface area contributed by atoms with E-state index in [0.29, 0.717) is 19.4 Å². The summed E-state index contributed by atoms with van der Waals surface area (Å²) in [6.45, 7) is 1.44. The summed E-state index contributed by atoms with van der Waals surface area (Å²) in [6.07, 6.45) is 1.93. The number of nitrogens with zero attached hydrogens (tertiary/aromatic N) is 2. The van der Waals surface area contributed by atoms with Crippen LogP contribution in [0.1, 0.15) is 23.2 Å². The number of non-ortho nitro benzene ring substituents is 1. The quantitative estimate of drug-likeness (QED) is 0.514. The Morgan fingerprint density at radius 1 is 1.23 bits per heavy atom. The van der Waals surface area contributed by atoms with Crippen LogP contribution in [0.5, 0.6) is 5.75 Å². The minimum Gasteiger partial charge on any atom is -0.497 e. The molecule has 2 aromatic carbocycles. The number of hydrogen-bond acceptors (Lipinski definition) is 5. The maximum Gasteiger partial charge on any atom is 0.270 e. The fourth-order valence-electron chi connectivity index (χ4n) is 5.56. The summed E-state index contributed by atoms with van der Waals surface area (Å²) in [5, 5.41) is 24.2. The number of methoxy groups -OCH3 is 1. The van der Waals surface area contributed by atoms with Crippen molar-refractivity contribution < 1.29 is 14.8 Å². The predicted molar refractivity (Wildman–Crippen MR) is 114 cm³/mol. The lowest BCUT2D eigenvalue weighted by Crippen LogP contribution is -2.65. The molecule has 1 aliphatic carbocycles. The first kappa shape index (κ1) is 19.1. The summed E-state index contributed by atoms with van der Waals surface area (Å²) in [5.41, 5.74) is 2.64. The zero-order valence-corrected chi connectivity index (χ0v) is 17.1. The number of aliphatic hydroxyl groups is 1. The molecule has 2 heterocycles. The number of likely N-dealkylation sites (N-methyl/N-ethyl adjacent to an activating group) is 1. The second-order valence-corrected chi connectivity index (χ2v) is 8.76. The first-order valence-corrected chi connectivity index (χ1v) is 10.2. The topological polar surface area (TPSA) is 91.6 Å². The van der Waals surface area contributed by atoms with Crippen LogP contribution in [0.4, 0.5) is 5.69 Å². The van der Waals surface area contributed by atoms with Crippen molar-refractivity contribution in [3.63, 3.8) is 0 Å².